The molecule has 0 aliphatic carbocycles. The van der Waals surface area contributed by atoms with Gasteiger partial charge in [0.15, 0.2) is 0 Å². The molecule has 0 aliphatic heterocycles. The highest BCUT2D eigenvalue weighted by molar-refractivity contribution is 5.88. The Kier molecular flexibility index (Phi) is 5.48. The summed E-state index contributed by atoms with van der Waals surface area (Å²) in [5, 5.41) is 9.39. The van der Waals surface area contributed by atoms with E-state index in [0.29, 0.717) is 18.8 Å². The Morgan fingerprint density at radius 3 is 2.94 bits per heavy atom. The van der Waals surface area contributed by atoms with Crippen LogP contribution in [0, 0.1) is 0 Å². The third-order valence-corrected chi connectivity index (χ3v) is 2.02. The number of hydrogen-bond acceptors (Lipinski definition) is 3. The molecule has 1 heterocycles. The molecule has 2 amide bonds. The number of amides is 2. The van der Waals surface area contributed by atoms with Gasteiger partial charge in [-0.3, -0.25) is 4.68 Å². The van der Waals surface area contributed by atoms with E-state index in [1.807, 2.05) is 13.8 Å². The summed E-state index contributed by atoms with van der Waals surface area (Å²) >= 11 is 0. The zero-order chi connectivity index (χ0) is 12.7. The van der Waals surface area contributed by atoms with Crippen molar-refractivity contribution in [3.8, 4) is 0 Å². The minimum Gasteiger partial charge on any atom is -0.379 e. The summed E-state index contributed by atoms with van der Waals surface area (Å²) in [4.78, 5) is 11.4. The molecule has 1 rings (SSSR count). The normalized spacial score (nSPS) is 10.6. The molecule has 0 bridgehead atoms. The summed E-state index contributed by atoms with van der Waals surface area (Å²) in [5.74, 6) is 0. The number of nitrogens with zero attached hydrogens (tertiary/aromatic N) is 2. The highest BCUT2D eigenvalue weighted by atomic mass is 16.5. The van der Waals surface area contributed by atoms with Crippen molar-refractivity contribution >= 4 is 11.7 Å². The van der Waals surface area contributed by atoms with E-state index in [-0.39, 0.29) is 12.1 Å². The van der Waals surface area contributed by atoms with Gasteiger partial charge in [-0.25, -0.2) is 4.79 Å². The van der Waals surface area contributed by atoms with Gasteiger partial charge in [0.05, 0.1) is 18.0 Å². The van der Waals surface area contributed by atoms with Crippen LogP contribution in [-0.2, 0) is 11.8 Å². The number of anilines is 1. The highest BCUT2D eigenvalue weighted by Gasteiger charge is 2.02. The predicted octanol–water partition coefficient (Wildman–Crippen LogP) is 1.36. The molecule has 0 atom stereocenters. The number of carbonyl (C=O) groups is 1. The molecule has 0 unspecified atom stereocenters. The van der Waals surface area contributed by atoms with Crippen molar-refractivity contribution < 1.29 is 9.53 Å². The molecule has 0 saturated carbocycles. The van der Waals surface area contributed by atoms with E-state index < -0.39 is 0 Å². The molecular formula is C11H20N4O2. The van der Waals surface area contributed by atoms with Gasteiger partial charge in [0.2, 0.25) is 0 Å². The maximum Gasteiger partial charge on any atom is 0.319 e. The van der Waals surface area contributed by atoms with Crippen LogP contribution in [0.1, 0.15) is 20.3 Å². The molecule has 0 saturated heterocycles. The average Bonchev–Trinajstić information content (AvgIpc) is 2.63. The van der Waals surface area contributed by atoms with Gasteiger partial charge in [0, 0.05) is 26.4 Å². The Hall–Kier alpha value is -1.56. The third kappa shape index (κ3) is 5.91. The molecular weight excluding hydrogens is 220 g/mol. The molecule has 17 heavy (non-hydrogen) atoms. The first-order chi connectivity index (χ1) is 8.08. The van der Waals surface area contributed by atoms with Crippen LogP contribution in [0.4, 0.5) is 10.5 Å². The number of carbonyl (C=O) groups excluding carboxylic acids is 1. The molecule has 0 aliphatic rings. The Morgan fingerprint density at radius 1 is 1.59 bits per heavy atom. The van der Waals surface area contributed by atoms with Crippen molar-refractivity contribution in [1.82, 2.24) is 15.1 Å². The fourth-order valence-corrected chi connectivity index (χ4v) is 1.25. The molecule has 96 valence electrons. The summed E-state index contributed by atoms with van der Waals surface area (Å²) in [6.07, 6.45) is 4.38. The minimum atomic E-state index is -0.220. The molecule has 0 radical (unpaired) electrons. The predicted molar refractivity (Wildman–Crippen MR) is 65.9 cm³/mol. The Balaban J connectivity index is 2.09. The van der Waals surface area contributed by atoms with Crippen LogP contribution in [0.3, 0.4) is 0 Å². The zero-order valence-corrected chi connectivity index (χ0v) is 10.6. The van der Waals surface area contributed by atoms with Gasteiger partial charge in [-0.1, -0.05) is 0 Å². The molecule has 1 aromatic rings. The average molecular weight is 240 g/mol. The lowest BCUT2D eigenvalue weighted by Crippen LogP contribution is -2.30. The molecule has 1 aromatic heterocycles. The quantitative estimate of drug-likeness (QED) is 0.738. The monoisotopic (exact) mass is 240 g/mol. The van der Waals surface area contributed by atoms with Gasteiger partial charge in [0.1, 0.15) is 0 Å². The first-order valence-electron chi connectivity index (χ1n) is 5.73. The first-order valence-corrected chi connectivity index (χ1v) is 5.73. The van der Waals surface area contributed by atoms with Crippen molar-refractivity contribution in [2.75, 3.05) is 18.5 Å². The van der Waals surface area contributed by atoms with Crippen molar-refractivity contribution in [2.24, 2.45) is 7.05 Å². The van der Waals surface area contributed by atoms with Crippen LogP contribution >= 0.6 is 0 Å². The SMILES string of the molecule is CC(C)OCCCNC(=O)Nc1cnn(C)c1. The lowest BCUT2D eigenvalue weighted by atomic mass is 10.4. The second-order valence-electron chi connectivity index (χ2n) is 4.06. The van der Waals surface area contributed by atoms with Crippen molar-refractivity contribution in [1.29, 1.82) is 0 Å². The van der Waals surface area contributed by atoms with Crippen LogP contribution in [0.5, 0.6) is 0 Å². The third-order valence-electron chi connectivity index (χ3n) is 2.02. The summed E-state index contributed by atoms with van der Waals surface area (Å²) in [6.45, 7) is 5.23. The van der Waals surface area contributed by atoms with Gasteiger partial charge < -0.3 is 15.4 Å². The number of urea groups is 1. The van der Waals surface area contributed by atoms with Gasteiger partial charge >= 0.3 is 6.03 Å². The molecule has 0 fully saturated rings. The second kappa shape index (κ2) is 6.90. The summed E-state index contributed by atoms with van der Waals surface area (Å²) in [6, 6.07) is -0.220. The maximum absolute atomic E-state index is 11.4. The number of aryl methyl sites for hydroxylation is 1. The largest absolute Gasteiger partial charge is 0.379 e. The topological polar surface area (TPSA) is 68.2 Å². The number of aromatic nitrogens is 2. The molecule has 2 N–H and O–H groups in total. The Bertz CT molecular complexity index is 349. The lowest BCUT2D eigenvalue weighted by molar-refractivity contribution is 0.0775. The minimum absolute atomic E-state index is 0.220. The fraction of sp³-hybridized carbons (Fsp3) is 0.636. The van der Waals surface area contributed by atoms with E-state index in [4.69, 9.17) is 4.74 Å². The maximum atomic E-state index is 11.4. The van der Waals surface area contributed by atoms with E-state index in [1.54, 1.807) is 24.1 Å². The van der Waals surface area contributed by atoms with E-state index in [9.17, 15) is 4.79 Å². The fourth-order valence-electron chi connectivity index (χ4n) is 1.25. The Morgan fingerprint density at radius 2 is 2.35 bits per heavy atom. The van der Waals surface area contributed by atoms with E-state index >= 15 is 0 Å². The summed E-state index contributed by atoms with van der Waals surface area (Å²) < 4.78 is 6.99. The van der Waals surface area contributed by atoms with Crippen LogP contribution in [0.15, 0.2) is 12.4 Å². The molecule has 0 aromatic carbocycles. The summed E-state index contributed by atoms with van der Waals surface area (Å²) in [7, 11) is 1.80. The van der Waals surface area contributed by atoms with Crippen LogP contribution in [0.2, 0.25) is 0 Å². The van der Waals surface area contributed by atoms with Crippen LogP contribution in [-0.4, -0.2) is 35.1 Å². The number of ether oxygens (including phenoxy) is 1. The van der Waals surface area contributed by atoms with E-state index in [2.05, 4.69) is 15.7 Å². The summed E-state index contributed by atoms with van der Waals surface area (Å²) in [5.41, 5.74) is 0.684. The zero-order valence-electron chi connectivity index (χ0n) is 10.6. The number of hydrogen-bond donors (Lipinski definition) is 2. The van der Waals surface area contributed by atoms with Crippen molar-refractivity contribution in [2.45, 2.75) is 26.4 Å². The molecule has 6 nitrogen and oxygen atoms in total. The van der Waals surface area contributed by atoms with Gasteiger partial charge in [0.25, 0.3) is 0 Å². The van der Waals surface area contributed by atoms with E-state index in [0.717, 1.165) is 6.42 Å². The van der Waals surface area contributed by atoms with Crippen molar-refractivity contribution in [3.63, 3.8) is 0 Å². The van der Waals surface area contributed by atoms with Gasteiger partial charge in [-0.2, -0.15) is 5.10 Å². The van der Waals surface area contributed by atoms with Gasteiger partial charge in [-0.15, -0.1) is 0 Å². The highest BCUT2D eigenvalue weighted by Crippen LogP contribution is 2.02. The lowest BCUT2D eigenvalue weighted by Gasteiger charge is -2.08. The second-order valence-corrected chi connectivity index (χ2v) is 4.06. The van der Waals surface area contributed by atoms with Crippen molar-refractivity contribution in [3.05, 3.63) is 12.4 Å². The molecule has 6 heteroatoms. The van der Waals surface area contributed by atoms with E-state index in [1.165, 1.54) is 0 Å². The molecule has 0 spiro atoms. The van der Waals surface area contributed by atoms with Gasteiger partial charge in [-0.05, 0) is 20.3 Å². The standard InChI is InChI=1S/C11H20N4O2/c1-9(2)17-6-4-5-12-11(16)14-10-7-13-15(3)8-10/h7-9H,4-6H2,1-3H3,(H2,12,14,16). The van der Waals surface area contributed by atoms with Crippen LogP contribution in [0.25, 0.3) is 0 Å². The smallest absolute Gasteiger partial charge is 0.319 e. The Labute approximate surface area is 101 Å². The number of nitrogens with one attached hydrogen (secondary N) is 2. The number of rotatable bonds is 6. The first kappa shape index (κ1) is 13.5. The van der Waals surface area contributed by atoms with Crippen LogP contribution < -0.4 is 10.6 Å².